The number of fused-ring (bicyclic) bond motifs is 1. The van der Waals surface area contributed by atoms with Gasteiger partial charge in [-0.05, 0) is 35.2 Å². The molecule has 0 aliphatic heterocycles. The Balaban J connectivity index is 2.33. The summed E-state index contributed by atoms with van der Waals surface area (Å²) in [5.74, 6) is -1.79. The molecule has 1 aromatic heterocycles. The van der Waals surface area contributed by atoms with Crippen LogP contribution in [0.3, 0.4) is 0 Å². The van der Waals surface area contributed by atoms with Gasteiger partial charge < -0.3 is 24.6 Å². The Hall–Kier alpha value is -2.94. The summed E-state index contributed by atoms with van der Waals surface area (Å²) in [6, 6.07) is 7.27. The van der Waals surface area contributed by atoms with Crippen LogP contribution in [0.2, 0.25) is 5.02 Å². The molecule has 0 aliphatic carbocycles. The zero-order valence-corrected chi connectivity index (χ0v) is 19.7. The minimum atomic E-state index is -1.39. The van der Waals surface area contributed by atoms with Crippen LogP contribution in [-0.4, -0.2) is 45.7 Å². The summed E-state index contributed by atoms with van der Waals surface area (Å²) in [5, 5.41) is 28.9. The number of carboxylic acid groups (broad SMARTS) is 1. The molecule has 3 rings (SSSR count). The van der Waals surface area contributed by atoms with Gasteiger partial charge in [0.15, 0.2) is 0 Å². The van der Waals surface area contributed by atoms with Gasteiger partial charge in [0.2, 0.25) is 5.43 Å². The molecule has 182 valence electrons. The first-order valence-corrected chi connectivity index (χ1v) is 11.3. The number of pyridine rings is 1. The molecule has 0 bridgehead atoms. The second-order valence-electron chi connectivity index (χ2n) is 8.38. The SMILES string of the molecule is CC(C)[C@@H](CO)n1cc(C(=O)O)c(=O)c2cc(Cc3cccc(Cl)c3F)cc(OCCCO)c21. The average Bonchev–Trinajstić information content (AvgIpc) is 2.78. The first-order valence-electron chi connectivity index (χ1n) is 10.9. The Bertz CT molecular complexity index is 1260. The van der Waals surface area contributed by atoms with Crippen LogP contribution in [0.25, 0.3) is 10.9 Å². The van der Waals surface area contributed by atoms with Crippen LogP contribution in [-0.2, 0) is 6.42 Å². The number of benzene rings is 2. The largest absolute Gasteiger partial charge is 0.491 e. The fraction of sp³-hybridized carbons (Fsp3) is 0.360. The highest BCUT2D eigenvalue weighted by molar-refractivity contribution is 6.30. The molecule has 2 aromatic carbocycles. The van der Waals surface area contributed by atoms with Crippen LogP contribution in [0.1, 0.15) is 47.8 Å². The van der Waals surface area contributed by atoms with Gasteiger partial charge in [0.05, 0.1) is 35.2 Å². The number of ether oxygens (including phenoxy) is 1. The number of aliphatic hydroxyl groups is 2. The van der Waals surface area contributed by atoms with Gasteiger partial charge in [-0.25, -0.2) is 9.18 Å². The maximum Gasteiger partial charge on any atom is 0.341 e. The lowest BCUT2D eigenvalue weighted by atomic mass is 9.98. The summed E-state index contributed by atoms with van der Waals surface area (Å²) in [6.45, 7) is 3.48. The maximum absolute atomic E-state index is 14.5. The summed E-state index contributed by atoms with van der Waals surface area (Å²) in [5.41, 5.74) is -0.00291. The monoisotopic (exact) mass is 491 g/mol. The highest BCUT2D eigenvalue weighted by Gasteiger charge is 2.24. The molecule has 1 atom stereocenters. The molecule has 3 N–H and O–H groups in total. The third-order valence-electron chi connectivity index (χ3n) is 5.68. The van der Waals surface area contributed by atoms with E-state index in [2.05, 4.69) is 0 Å². The van der Waals surface area contributed by atoms with Crippen molar-refractivity contribution in [3.05, 3.63) is 74.3 Å². The molecule has 0 aliphatic rings. The standard InChI is InChI=1S/C25H27ClFNO6/c1-14(2)20(13-30)28-12-18(25(32)33)24(31)17-10-15(9-16-5-3-6-19(26)22(16)27)11-21(23(17)28)34-8-4-7-29/h3,5-6,10-12,14,20,29-30H,4,7-9,13H2,1-2H3,(H,32,33)/t20-/m1/s1. The molecule has 0 radical (unpaired) electrons. The highest BCUT2D eigenvalue weighted by Crippen LogP contribution is 2.32. The third-order valence-corrected chi connectivity index (χ3v) is 5.97. The molecule has 0 amide bonds. The maximum atomic E-state index is 14.5. The molecule has 0 saturated heterocycles. The van der Waals surface area contributed by atoms with Gasteiger partial charge >= 0.3 is 5.97 Å². The lowest BCUT2D eigenvalue weighted by Gasteiger charge is -2.26. The van der Waals surface area contributed by atoms with Gasteiger partial charge in [-0.2, -0.15) is 0 Å². The summed E-state index contributed by atoms with van der Waals surface area (Å²) < 4.78 is 22.0. The van der Waals surface area contributed by atoms with Crippen LogP contribution in [0.5, 0.6) is 5.75 Å². The third kappa shape index (κ3) is 5.24. The van der Waals surface area contributed by atoms with E-state index in [4.69, 9.17) is 16.3 Å². The van der Waals surface area contributed by atoms with Crippen molar-refractivity contribution in [3.63, 3.8) is 0 Å². The molecule has 3 aromatic rings. The number of hydrogen-bond acceptors (Lipinski definition) is 5. The molecular weight excluding hydrogens is 465 g/mol. The van der Waals surface area contributed by atoms with Crippen LogP contribution >= 0.6 is 11.6 Å². The molecule has 0 spiro atoms. The van der Waals surface area contributed by atoms with Crippen LogP contribution in [0, 0.1) is 11.7 Å². The Kier molecular flexibility index (Phi) is 8.30. The number of aromatic carboxylic acids is 1. The molecule has 34 heavy (non-hydrogen) atoms. The topological polar surface area (TPSA) is 109 Å². The number of aliphatic hydroxyl groups excluding tert-OH is 2. The van der Waals surface area contributed by atoms with Crippen LogP contribution in [0.15, 0.2) is 41.3 Å². The van der Waals surface area contributed by atoms with Crippen molar-refractivity contribution in [2.24, 2.45) is 5.92 Å². The average molecular weight is 492 g/mol. The second kappa shape index (κ2) is 11.0. The smallest absolute Gasteiger partial charge is 0.341 e. The van der Waals surface area contributed by atoms with Gasteiger partial charge in [-0.1, -0.05) is 37.6 Å². The lowest BCUT2D eigenvalue weighted by molar-refractivity contribution is 0.0693. The predicted molar refractivity (Wildman–Crippen MR) is 128 cm³/mol. The number of rotatable bonds is 10. The summed E-state index contributed by atoms with van der Waals surface area (Å²) in [4.78, 5) is 25.0. The van der Waals surface area contributed by atoms with E-state index in [9.17, 15) is 29.3 Å². The Morgan fingerprint density at radius 3 is 2.59 bits per heavy atom. The molecule has 1 heterocycles. The summed E-state index contributed by atoms with van der Waals surface area (Å²) >= 11 is 5.91. The van der Waals surface area contributed by atoms with Crippen molar-refractivity contribution in [2.45, 2.75) is 32.7 Å². The van der Waals surface area contributed by atoms with E-state index < -0.39 is 28.8 Å². The van der Waals surface area contributed by atoms with E-state index >= 15 is 0 Å². The van der Waals surface area contributed by atoms with E-state index in [0.29, 0.717) is 23.1 Å². The molecule has 7 nitrogen and oxygen atoms in total. The quantitative estimate of drug-likeness (QED) is 0.369. The Labute approximate surface area is 201 Å². The van der Waals surface area contributed by atoms with Crippen molar-refractivity contribution in [3.8, 4) is 5.75 Å². The summed E-state index contributed by atoms with van der Waals surface area (Å²) in [7, 11) is 0. The van der Waals surface area contributed by atoms with Crippen molar-refractivity contribution in [1.82, 2.24) is 4.57 Å². The van der Waals surface area contributed by atoms with Gasteiger partial charge in [-0.3, -0.25) is 4.79 Å². The number of hydrogen-bond donors (Lipinski definition) is 3. The number of carbonyl (C=O) groups is 1. The van der Waals surface area contributed by atoms with E-state index in [1.165, 1.54) is 18.3 Å². The minimum absolute atomic E-state index is 0.0315. The first kappa shape index (κ1) is 25.7. The fourth-order valence-corrected chi connectivity index (χ4v) is 4.10. The lowest BCUT2D eigenvalue weighted by Crippen LogP contribution is -2.26. The zero-order valence-electron chi connectivity index (χ0n) is 18.9. The van der Waals surface area contributed by atoms with E-state index in [1.54, 1.807) is 22.8 Å². The molecular formula is C25H27ClFNO6. The summed E-state index contributed by atoms with van der Waals surface area (Å²) in [6.07, 6.45) is 1.64. The number of carboxylic acids is 1. The highest BCUT2D eigenvalue weighted by atomic mass is 35.5. The van der Waals surface area contributed by atoms with Crippen LogP contribution < -0.4 is 10.2 Å². The van der Waals surface area contributed by atoms with Gasteiger partial charge in [0, 0.05) is 25.6 Å². The van der Waals surface area contributed by atoms with Crippen LogP contribution in [0.4, 0.5) is 4.39 Å². The van der Waals surface area contributed by atoms with Gasteiger partial charge in [-0.15, -0.1) is 0 Å². The Morgan fingerprint density at radius 1 is 1.24 bits per heavy atom. The zero-order chi connectivity index (χ0) is 25.0. The number of nitrogens with zero attached hydrogens (tertiary/aromatic N) is 1. The first-order chi connectivity index (χ1) is 16.2. The van der Waals surface area contributed by atoms with Crippen molar-refractivity contribution < 1.29 is 29.2 Å². The van der Waals surface area contributed by atoms with Gasteiger partial charge in [0.1, 0.15) is 17.1 Å². The molecule has 0 fully saturated rings. The molecule has 0 unspecified atom stereocenters. The van der Waals surface area contributed by atoms with E-state index in [1.807, 2.05) is 13.8 Å². The predicted octanol–water partition coefficient (Wildman–Crippen LogP) is 4.03. The second-order valence-corrected chi connectivity index (χ2v) is 8.79. The fourth-order valence-electron chi connectivity index (χ4n) is 3.91. The Morgan fingerprint density at radius 2 is 1.97 bits per heavy atom. The van der Waals surface area contributed by atoms with Gasteiger partial charge in [0.25, 0.3) is 0 Å². The number of aromatic nitrogens is 1. The van der Waals surface area contributed by atoms with Crippen molar-refractivity contribution in [1.29, 1.82) is 0 Å². The minimum Gasteiger partial charge on any atom is -0.491 e. The normalized spacial score (nSPS) is 12.3. The van der Waals surface area contributed by atoms with E-state index in [0.717, 1.165) is 0 Å². The molecule has 0 saturated carbocycles. The van der Waals surface area contributed by atoms with E-state index in [-0.39, 0.29) is 48.3 Å². The number of halogens is 2. The van der Waals surface area contributed by atoms with Crippen molar-refractivity contribution in [2.75, 3.05) is 19.8 Å². The van der Waals surface area contributed by atoms with Crippen molar-refractivity contribution >= 4 is 28.5 Å². The molecule has 9 heteroatoms.